The third-order valence-corrected chi connectivity index (χ3v) is 2.46. The first-order chi connectivity index (χ1) is 7.74. The average Bonchev–Trinajstić information content (AvgIpc) is 2.77. The van der Waals surface area contributed by atoms with Crippen molar-refractivity contribution in [3.63, 3.8) is 0 Å². The van der Waals surface area contributed by atoms with Crippen LogP contribution in [0.2, 0.25) is 0 Å². The molecule has 4 nitrogen and oxygen atoms in total. The normalized spacial score (nSPS) is 9.81. The number of carbonyl (C=O) groups is 1. The molecule has 1 amide bonds. The fraction of sp³-hybridized carbons (Fsp3) is 0.500. The van der Waals surface area contributed by atoms with Gasteiger partial charge in [-0.05, 0) is 13.0 Å². The number of rotatable bonds is 5. The summed E-state index contributed by atoms with van der Waals surface area (Å²) in [6.45, 7) is 4.93. The molecule has 0 unspecified atom stereocenters. The first-order valence-electron chi connectivity index (χ1n) is 5.47. The highest BCUT2D eigenvalue weighted by atomic mass is 16.3. The van der Waals surface area contributed by atoms with Crippen LogP contribution in [0.5, 0.6) is 0 Å². The third kappa shape index (κ3) is 2.63. The number of nitrogens with zero attached hydrogens (tertiary/aromatic N) is 2. The van der Waals surface area contributed by atoms with E-state index >= 15 is 0 Å². The lowest BCUT2D eigenvalue weighted by molar-refractivity contribution is 0.0765. The van der Waals surface area contributed by atoms with Crippen LogP contribution in [0.1, 0.15) is 36.4 Å². The Hall–Kier alpha value is -1.76. The Labute approximate surface area is 95.5 Å². The van der Waals surface area contributed by atoms with Crippen LogP contribution in [-0.2, 0) is 6.42 Å². The number of amides is 1. The van der Waals surface area contributed by atoms with Gasteiger partial charge < -0.3 is 9.32 Å². The molecule has 1 aromatic rings. The van der Waals surface area contributed by atoms with Gasteiger partial charge in [-0.15, -0.1) is 0 Å². The maximum absolute atomic E-state index is 12.1. The van der Waals surface area contributed by atoms with Gasteiger partial charge in [0, 0.05) is 19.5 Å². The summed E-state index contributed by atoms with van der Waals surface area (Å²) in [6.07, 6.45) is 2.59. The molecule has 0 atom stereocenters. The SMILES string of the molecule is CCc1occc1C(=O)N(CC)CCC#N. The van der Waals surface area contributed by atoms with Gasteiger partial charge in [0.25, 0.3) is 5.91 Å². The summed E-state index contributed by atoms with van der Waals surface area (Å²) in [5.41, 5.74) is 0.613. The molecule has 0 saturated heterocycles. The summed E-state index contributed by atoms with van der Waals surface area (Å²) in [7, 11) is 0. The summed E-state index contributed by atoms with van der Waals surface area (Å²) in [4.78, 5) is 13.7. The molecule has 0 fully saturated rings. The monoisotopic (exact) mass is 220 g/mol. The molecule has 4 heteroatoms. The maximum Gasteiger partial charge on any atom is 0.257 e. The van der Waals surface area contributed by atoms with E-state index in [0.29, 0.717) is 37.3 Å². The summed E-state index contributed by atoms with van der Waals surface area (Å²) < 4.78 is 5.22. The van der Waals surface area contributed by atoms with Crippen molar-refractivity contribution in [3.05, 3.63) is 23.7 Å². The van der Waals surface area contributed by atoms with Gasteiger partial charge in [-0.1, -0.05) is 6.92 Å². The van der Waals surface area contributed by atoms with Crippen LogP contribution >= 0.6 is 0 Å². The Bertz CT molecular complexity index is 390. The molecule has 0 aliphatic rings. The maximum atomic E-state index is 12.1. The second kappa shape index (κ2) is 5.96. The quantitative estimate of drug-likeness (QED) is 0.764. The minimum absolute atomic E-state index is 0.0525. The lowest BCUT2D eigenvalue weighted by Crippen LogP contribution is -2.31. The molecule has 0 aromatic carbocycles. The van der Waals surface area contributed by atoms with Crippen molar-refractivity contribution in [2.45, 2.75) is 26.7 Å². The Morgan fingerprint density at radius 3 is 2.88 bits per heavy atom. The van der Waals surface area contributed by atoms with Crippen LogP contribution in [0, 0.1) is 11.3 Å². The number of furan rings is 1. The van der Waals surface area contributed by atoms with Crippen LogP contribution < -0.4 is 0 Å². The summed E-state index contributed by atoms with van der Waals surface area (Å²) >= 11 is 0. The Morgan fingerprint density at radius 2 is 2.31 bits per heavy atom. The average molecular weight is 220 g/mol. The molecule has 0 aliphatic heterocycles. The van der Waals surface area contributed by atoms with Gasteiger partial charge in [-0.25, -0.2) is 0 Å². The van der Waals surface area contributed by atoms with Gasteiger partial charge in [0.2, 0.25) is 0 Å². The molecule has 86 valence electrons. The molecule has 1 rings (SSSR count). The zero-order valence-corrected chi connectivity index (χ0v) is 9.69. The minimum Gasteiger partial charge on any atom is -0.469 e. The van der Waals surface area contributed by atoms with E-state index in [9.17, 15) is 4.79 Å². The zero-order chi connectivity index (χ0) is 12.0. The molecule has 0 N–H and O–H groups in total. The lowest BCUT2D eigenvalue weighted by Gasteiger charge is -2.19. The number of carbonyl (C=O) groups excluding carboxylic acids is 1. The zero-order valence-electron chi connectivity index (χ0n) is 9.69. The van der Waals surface area contributed by atoms with E-state index in [1.807, 2.05) is 19.9 Å². The highest BCUT2D eigenvalue weighted by Gasteiger charge is 2.18. The number of hydrogen-bond acceptors (Lipinski definition) is 3. The fourth-order valence-corrected chi connectivity index (χ4v) is 1.56. The molecule has 0 bridgehead atoms. The van der Waals surface area contributed by atoms with E-state index < -0.39 is 0 Å². The molecular weight excluding hydrogens is 204 g/mol. The summed E-state index contributed by atoms with van der Waals surface area (Å²) in [6, 6.07) is 3.73. The Kier molecular flexibility index (Phi) is 4.59. The van der Waals surface area contributed by atoms with Crippen LogP contribution in [0.3, 0.4) is 0 Å². The summed E-state index contributed by atoms with van der Waals surface area (Å²) in [5.74, 6) is 0.656. The van der Waals surface area contributed by atoms with E-state index in [0.717, 1.165) is 0 Å². The molecule has 1 aromatic heterocycles. The topological polar surface area (TPSA) is 57.2 Å². The molecular formula is C12H16N2O2. The third-order valence-electron chi connectivity index (χ3n) is 2.46. The minimum atomic E-state index is -0.0525. The van der Waals surface area contributed by atoms with Crippen LogP contribution in [0.15, 0.2) is 16.7 Å². The Morgan fingerprint density at radius 1 is 1.56 bits per heavy atom. The molecule has 16 heavy (non-hydrogen) atoms. The van der Waals surface area contributed by atoms with E-state index in [1.165, 1.54) is 6.26 Å². The van der Waals surface area contributed by atoms with E-state index in [2.05, 4.69) is 0 Å². The van der Waals surface area contributed by atoms with Gasteiger partial charge in [-0.3, -0.25) is 4.79 Å². The fourth-order valence-electron chi connectivity index (χ4n) is 1.56. The first-order valence-corrected chi connectivity index (χ1v) is 5.47. The van der Waals surface area contributed by atoms with Gasteiger partial charge in [-0.2, -0.15) is 5.26 Å². The summed E-state index contributed by atoms with van der Waals surface area (Å²) in [5, 5.41) is 8.52. The van der Waals surface area contributed by atoms with Crippen molar-refractivity contribution in [2.75, 3.05) is 13.1 Å². The lowest BCUT2D eigenvalue weighted by atomic mass is 10.2. The van der Waals surface area contributed by atoms with Crippen molar-refractivity contribution >= 4 is 5.91 Å². The second-order valence-corrected chi connectivity index (χ2v) is 3.40. The molecule has 0 radical (unpaired) electrons. The largest absolute Gasteiger partial charge is 0.469 e. The molecule has 1 heterocycles. The van der Waals surface area contributed by atoms with Crippen molar-refractivity contribution in [3.8, 4) is 6.07 Å². The molecule has 0 aliphatic carbocycles. The predicted molar refractivity (Wildman–Crippen MR) is 59.9 cm³/mol. The second-order valence-electron chi connectivity index (χ2n) is 3.40. The van der Waals surface area contributed by atoms with Crippen molar-refractivity contribution in [1.29, 1.82) is 5.26 Å². The van der Waals surface area contributed by atoms with Crippen LogP contribution in [-0.4, -0.2) is 23.9 Å². The van der Waals surface area contributed by atoms with E-state index in [1.54, 1.807) is 11.0 Å². The van der Waals surface area contributed by atoms with Crippen molar-refractivity contribution < 1.29 is 9.21 Å². The highest BCUT2D eigenvalue weighted by Crippen LogP contribution is 2.14. The van der Waals surface area contributed by atoms with Crippen LogP contribution in [0.4, 0.5) is 0 Å². The van der Waals surface area contributed by atoms with Crippen LogP contribution in [0.25, 0.3) is 0 Å². The predicted octanol–water partition coefficient (Wildman–Crippen LogP) is 2.22. The molecule has 0 spiro atoms. The van der Waals surface area contributed by atoms with E-state index in [4.69, 9.17) is 9.68 Å². The Balaban J connectivity index is 2.79. The van der Waals surface area contributed by atoms with Gasteiger partial charge >= 0.3 is 0 Å². The van der Waals surface area contributed by atoms with E-state index in [-0.39, 0.29) is 5.91 Å². The number of hydrogen-bond donors (Lipinski definition) is 0. The van der Waals surface area contributed by atoms with Crippen molar-refractivity contribution in [1.82, 2.24) is 4.90 Å². The number of aryl methyl sites for hydroxylation is 1. The highest BCUT2D eigenvalue weighted by molar-refractivity contribution is 5.95. The first kappa shape index (κ1) is 12.3. The van der Waals surface area contributed by atoms with Gasteiger partial charge in [0.05, 0.1) is 24.3 Å². The number of nitriles is 1. The smallest absolute Gasteiger partial charge is 0.257 e. The standard InChI is InChI=1S/C12H16N2O2/c1-3-11-10(6-9-16-11)12(15)14(4-2)8-5-7-13/h6,9H,3-5,8H2,1-2H3. The van der Waals surface area contributed by atoms with Gasteiger partial charge in [0.15, 0.2) is 0 Å². The van der Waals surface area contributed by atoms with Gasteiger partial charge in [0.1, 0.15) is 5.76 Å². The van der Waals surface area contributed by atoms with Crippen molar-refractivity contribution in [2.24, 2.45) is 0 Å². The molecule has 0 saturated carbocycles.